The van der Waals surface area contributed by atoms with Crippen LogP contribution in [0.4, 0.5) is 5.69 Å². The Labute approximate surface area is 176 Å². The molecule has 7 nitrogen and oxygen atoms in total. The van der Waals surface area contributed by atoms with Gasteiger partial charge in [-0.05, 0) is 31.3 Å². The first-order valence-corrected chi connectivity index (χ1v) is 9.32. The molecule has 0 aliphatic heterocycles. The number of nitrogens with one attached hydrogen (secondary N) is 3. The Kier molecular flexibility index (Phi) is 6.80. The largest absolute Gasteiger partial charge is 0.339 e. The summed E-state index contributed by atoms with van der Waals surface area (Å²) in [5.74, 6) is -0.413. The number of hydrogen-bond donors (Lipinski definition) is 3. The number of hydrogen-bond acceptors (Lipinski definition) is 3. The fourth-order valence-electron chi connectivity index (χ4n) is 2.40. The zero-order chi connectivity index (χ0) is 20.4. The third-order valence-electron chi connectivity index (χ3n) is 3.74. The highest BCUT2D eigenvalue weighted by molar-refractivity contribution is 7.80. The number of aromatic nitrogens is 2. The van der Waals surface area contributed by atoms with Crippen LogP contribution in [0.25, 0.3) is 5.69 Å². The van der Waals surface area contributed by atoms with E-state index in [2.05, 4.69) is 16.0 Å². The number of anilines is 1. The van der Waals surface area contributed by atoms with Gasteiger partial charge in [-0.1, -0.05) is 53.0 Å². The molecular formula is C16H18Cl3N5O2S. The van der Waals surface area contributed by atoms with E-state index in [1.54, 1.807) is 18.7 Å². The van der Waals surface area contributed by atoms with E-state index in [4.69, 9.17) is 47.0 Å². The zero-order valence-corrected chi connectivity index (χ0v) is 17.8. The van der Waals surface area contributed by atoms with E-state index in [-0.39, 0.29) is 16.4 Å². The maximum atomic E-state index is 12.9. The summed E-state index contributed by atoms with van der Waals surface area (Å²) in [7, 11) is 1.76. The monoisotopic (exact) mass is 449 g/mol. The lowest BCUT2D eigenvalue weighted by Crippen LogP contribution is -2.55. The van der Waals surface area contributed by atoms with E-state index in [9.17, 15) is 9.59 Å². The van der Waals surface area contributed by atoms with Crippen LogP contribution in [0.15, 0.2) is 35.1 Å². The van der Waals surface area contributed by atoms with Gasteiger partial charge < -0.3 is 16.0 Å². The van der Waals surface area contributed by atoms with Gasteiger partial charge in [-0.3, -0.25) is 14.3 Å². The summed E-state index contributed by atoms with van der Waals surface area (Å²) >= 11 is 22.8. The Morgan fingerprint density at radius 1 is 1.19 bits per heavy atom. The van der Waals surface area contributed by atoms with E-state index in [1.165, 1.54) is 11.6 Å². The van der Waals surface area contributed by atoms with Crippen molar-refractivity contribution in [2.45, 2.75) is 23.8 Å². The SMILES string of the molecule is CC(=O)N[C@@H](NC(=S)Nc1c(C)n(C)n(-c2ccccc2)c1=O)C(Cl)(Cl)Cl. The second kappa shape index (κ2) is 8.52. The fourth-order valence-corrected chi connectivity index (χ4v) is 2.94. The van der Waals surface area contributed by atoms with Gasteiger partial charge in [-0.2, -0.15) is 0 Å². The van der Waals surface area contributed by atoms with E-state index < -0.39 is 15.9 Å². The Bertz CT molecular complexity index is 905. The van der Waals surface area contributed by atoms with Crippen LogP contribution in [-0.4, -0.2) is 30.3 Å². The number of carbonyl (C=O) groups excluding carboxylic acids is 1. The summed E-state index contributed by atoms with van der Waals surface area (Å²) in [6, 6.07) is 9.17. The number of halogens is 3. The molecule has 146 valence electrons. The molecule has 0 bridgehead atoms. The second-order valence-electron chi connectivity index (χ2n) is 5.71. The van der Waals surface area contributed by atoms with E-state index in [1.807, 2.05) is 30.3 Å². The van der Waals surface area contributed by atoms with Crippen molar-refractivity contribution in [3.63, 3.8) is 0 Å². The molecule has 1 aromatic carbocycles. The molecule has 0 saturated carbocycles. The highest BCUT2D eigenvalue weighted by Crippen LogP contribution is 2.29. The Balaban J connectivity index is 2.28. The Morgan fingerprint density at radius 3 is 2.30 bits per heavy atom. The molecule has 27 heavy (non-hydrogen) atoms. The Hall–Kier alpha value is -1.74. The molecular weight excluding hydrogens is 433 g/mol. The first kappa shape index (κ1) is 21.6. The summed E-state index contributed by atoms with van der Waals surface area (Å²) in [4.78, 5) is 24.2. The lowest BCUT2D eigenvalue weighted by molar-refractivity contribution is -0.119. The van der Waals surface area contributed by atoms with Crippen LogP contribution in [0, 0.1) is 6.92 Å². The van der Waals surface area contributed by atoms with Crippen LogP contribution in [0.3, 0.4) is 0 Å². The van der Waals surface area contributed by atoms with Crippen molar-refractivity contribution in [3.8, 4) is 5.69 Å². The zero-order valence-electron chi connectivity index (χ0n) is 14.7. The van der Waals surface area contributed by atoms with Gasteiger partial charge in [0.05, 0.1) is 11.4 Å². The molecule has 2 rings (SSSR count). The Morgan fingerprint density at radius 2 is 1.78 bits per heavy atom. The molecule has 0 radical (unpaired) electrons. The van der Waals surface area contributed by atoms with Gasteiger partial charge in [0.15, 0.2) is 5.11 Å². The number of rotatable bonds is 4. The molecule has 11 heteroatoms. The predicted molar refractivity (Wildman–Crippen MR) is 113 cm³/mol. The minimum atomic E-state index is -1.85. The summed E-state index contributed by atoms with van der Waals surface area (Å²) < 4.78 is 1.34. The van der Waals surface area contributed by atoms with Gasteiger partial charge >= 0.3 is 0 Å². The van der Waals surface area contributed by atoms with Crippen molar-refractivity contribution in [1.82, 2.24) is 20.0 Å². The van der Waals surface area contributed by atoms with E-state index >= 15 is 0 Å². The summed E-state index contributed by atoms with van der Waals surface area (Å²) in [5, 5.41) is 7.98. The molecule has 2 aromatic rings. The molecule has 0 fully saturated rings. The fraction of sp³-hybridized carbons (Fsp3) is 0.312. The standard InChI is InChI=1S/C16H18Cl3N5O2S/c1-9-12(13(26)24(23(9)3)11-7-5-4-6-8-11)21-15(27)22-14(16(17,18)19)20-10(2)25/h4-8,14H,1-3H3,(H,20,25)(H2,21,22,27)/t14-/m0/s1. The molecule has 3 N–H and O–H groups in total. The highest BCUT2D eigenvalue weighted by Gasteiger charge is 2.34. The predicted octanol–water partition coefficient (Wildman–Crippen LogP) is 2.60. The van der Waals surface area contributed by atoms with Crippen LogP contribution < -0.4 is 21.5 Å². The smallest absolute Gasteiger partial charge is 0.295 e. The lowest BCUT2D eigenvalue weighted by atomic mass is 10.3. The molecule has 1 amide bonds. The number of carbonyl (C=O) groups is 1. The van der Waals surface area contributed by atoms with Crippen molar-refractivity contribution in [3.05, 3.63) is 46.4 Å². The number of alkyl halides is 3. The average molecular weight is 451 g/mol. The summed E-state index contributed by atoms with van der Waals surface area (Å²) in [6.07, 6.45) is -1.08. The van der Waals surface area contributed by atoms with Crippen molar-refractivity contribution in [2.75, 3.05) is 5.32 Å². The van der Waals surface area contributed by atoms with Gasteiger partial charge in [0.2, 0.25) is 9.70 Å². The van der Waals surface area contributed by atoms with Crippen LogP contribution >= 0.6 is 47.0 Å². The minimum Gasteiger partial charge on any atom is -0.339 e. The minimum absolute atomic E-state index is 0.0195. The topological polar surface area (TPSA) is 80.1 Å². The third-order valence-corrected chi connectivity index (χ3v) is 4.62. The molecule has 0 saturated heterocycles. The van der Waals surface area contributed by atoms with Crippen molar-refractivity contribution in [1.29, 1.82) is 0 Å². The summed E-state index contributed by atoms with van der Waals surface area (Å²) in [6.45, 7) is 3.05. The van der Waals surface area contributed by atoms with Crippen molar-refractivity contribution in [2.24, 2.45) is 7.05 Å². The third kappa shape index (κ3) is 5.16. The van der Waals surface area contributed by atoms with Gasteiger partial charge in [-0.25, -0.2) is 4.68 Å². The molecule has 1 aromatic heterocycles. The van der Waals surface area contributed by atoms with Crippen LogP contribution in [0.5, 0.6) is 0 Å². The quantitative estimate of drug-likeness (QED) is 0.379. The maximum Gasteiger partial charge on any atom is 0.295 e. The van der Waals surface area contributed by atoms with Crippen molar-refractivity contribution < 1.29 is 4.79 Å². The average Bonchev–Trinajstić information content (AvgIpc) is 2.77. The van der Waals surface area contributed by atoms with E-state index in [0.29, 0.717) is 11.4 Å². The summed E-state index contributed by atoms with van der Waals surface area (Å²) in [5.41, 5.74) is 1.33. The molecule has 0 aliphatic rings. The molecule has 0 unspecified atom stereocenters. The van der Waals surface area contributed by atoms with E-state index in [0.717, 1.165) is 0 Å². The van der Waals surface area contributed by atoms with Crippen LogP contribution in [-0.2, 0) is 11.8 Å². The lowest BCUT2D eigenvalue weighted by Gasteiger charge is -2.27. The highest BCUT2D eigenvalue weighted by atomic mass is 35.6. The number of benzene rings is 1. The second-order valence-corrected chi connectivity index (χ2v) is 8.49. The van der Waals surface area contributed by atoms with Gasteiger partial charge in [-0.15, -0.1) is 0 Å². The van der Waals surface area contributed by atoms with Crippen molar-refractivity contribution >= 4 is 63.7 Å². The molecule has 1 atom stereocenters. The number of nitrogens with zero attached hydrogens (tertiary/aromatic N) is 2. The number of thiocarbonyl (C=S) groups is 1. The molecule has 0 spiro atoms. The molecule has 1 heterocycles. The van der Waals surface area contributed by atoms with Crippen LogP contribution in [0.2, 0.25) is 0 Å². The van der Waals surface area contributed by atoms with Gasteiger partial charge in [0, 0.05) is 14.0 Å². The number of para-hydroxylation sites is 1. The number of amides is 1. The van der Waals surface area contributed by atoms with Gasteiger partial charge in [0.1, 0.15) is 11.9 Å². The molecule has 0 aliphatic carbocycles. The first-order valence-electron chi connectivity index (χ1n) is 7.77. The normalized spacial score (nSPS) is 12.4. The maximum absolute atomic E-state index is 12.9. The van der Waals surface area contributed by atoms with Crippen LogP contribution in [0.1, 0.15) is 12.6 Å². The first-order chi connectivity index (χ1) is 12.5. The van der Waals surface area contributed by atoms with Gasteiger partial charge in [0.25, 0.3) is 5.56 Å².